The molecule has 0 heterocycles. The Morgan fingerprint density at radius 2 is 2.12 bits per heavy atom. The summed E-state index contributed by atoms with van der Waals surface area (Å²) in [6, 6.07) is 5.36. The maximum absolute atomic E-state index is 9.60. The first-order valence-electron chi connectivity index (χ1n) is 5.43. The first kappa shape index (κ1) is 12.8. The van der Waals surface area contributed by atoms with E-state index in [4.69, 9.17) is 10.5 Å². The number of ether oxygens (including phenoxy) is 1. The van der Waals surface area contributed by atoms with Crippen LogP contribution < -0.4 is 10.5 Å². The molecule has 0 spiro atoms. The molecule has 0 aromatic heterocycles. The molecule has 0 fully saturated rings. The molecule has 0 unspecified atom stereocenters. The number of hydrogen-bond donors (Lipinski definition) is 2. The number of hydrogen-bond acceptors (Lipinski definition) is 4. The Hall–Kier alpha value is -1.26. The lowest BCUT2D eigenvalue weighted by Crippen LogP contribution is -2.19. The van der Waals surface area contributed by atoms with Gasteiger partial charge in [-0.3, -0.25) is 0 Å². The number of likely N-dealkylation sites (N-methyl/N-ethyl adjacent to an activating group) is 1. The van der Waals surface area contributed by atoms with Gasteiger partial charge in [0.15, 0.2) is 11.5 Å². The van der Waals surface area contributed by atoms with Gasteiger partial charge in [-0.2, -0.15) is 0 Å². The minimum absolute atomic E-state index is 0.180. The van der Waals surface area contributed by atoms with Crippen molar-refractivity contribution >= 4 is 0 Å². The average molecular weight is 224 g/mol. The normalized spacial score (nSPS) is 10.8. The first-order chi connectivity index (χ1) is 7.63. The van der Waals surface area contributed by atoms with Gasteiger partial charge in [0, 0.05) is 6.54 Å². The fraction of sp³-hybridized carbons (Fsp3) is 0.500. The molecule has 1 aromatic carbocycles. The quantitative estimate of drug-likeness (QED) is 0.751. The van der Waals surface area contributed by atoms with Gasteiger partial charge in [0.1, 0.15) is 6.61 Å². The highest BCUT2D eigenvalue weighted by molar-refractivity contribution is 5.41. The molecule has 1 rings (SSSR count). The second-order valence-electron chi connectivity index (χ2n) is 3.99. The van der Waals surface area contributed by atoms with Crippen molar-refractivity contribution in [3.8, 4) is 11.5 Å². The molecule has 0 aliphatic carbocycles. The van der Waals surface area contributed by atoms with E-state index in [-0.39, 0.29) is 5.75 Å². The van der Waals surface area contributed by atoms with Crippen molar-refractivity contribution in [2.24, 2.45) is 5.73 Å². The van der Waals surface area contributed by atoms with E-state index in [1.807, 2.05) is 31.1 Å². The minimum Gasteiger partial charge on any atom is -0.504 e. The summed E-state index contributed by atoms with van der Waals surface area (Å²) in [5.74, 6) is 0.715. The monoisotopic (exact) mass is 224 g/mol. The Kier molecular flexibility index (Phi) is 5.08. The van der Waals surface area contributed by atoms with Crippen LogP contribution in [0.25, 0.3) is 0 Å². The molecule has 0 aliphatic heterocycles. The molecule has 90 valence electrons. The molecule has 1 aromatic rings. The van der Waals surface area contributed by atoms with Crippen molar-refractivity contribution in [1.29, 1.82) is 0 Å². The molecule has 0 aliphatic rings. The van der Waals surface area contributed by atoms with E-state index >= 15 is 0 Å². The highest BCUT2D eigenvalue weighted by Gasteiger charge is 2.03. The molecule has 0 saturated carbocycles. The minimum atomic E-state index is 0.180. The van der Waals surface area contributed by atoms with Crippen LogP contribution in [0.3, 0.4) is 0 Å². The number of nitrogens with zero attached hydrogens (tertiary/aromatic N) is 1. The lowest BCUT2D eigenvalue weighted by Gasteiger charge is -2.12. The van der Waals surface area contributed by atoms with Gasteiger partial charge >= 0.3 is 0 Å². The summed E-state index contributed by atoms with van der Waals surface area (Å²) in [7, 11) is 3.96. The maximum atomic E-state index is 9.60. The van der Waals surface area contributed by atoms with Crippen molar-refractivity contribution in [3.63, 3.8) is 0 Å². The van der Waals surface area contributed by atoms with Crippen LogP contribution >= 0.6 is 0 Å². The van der Waals surface area contributed by atoms with Crippen molar-refractivity contribution in [2.45, 2.75) is 6.42 Å². The van der Waals surface area contributed by atoms with E-state index in [2.05, 4.69) is 0 Å². The Bertz CT molecular complexity index is 327. The molecule has 0 saturated heterocycles. The van der Waals surface area contributed by atoms with Gasteiger partial charge < -0.3 is 20.5 Å². The van der Waals surface area contributed by atoms with Gasteiger partial charge in [-0.1, -0.05) is 6.07 Å². The number of nitrogens with two attached hydrogens (primary N) is 1. The van der Waals surface area contributed by atoms with E-state index in [1.165, 1.54) is 0 Å². The summed E-state index contributed by atoms with van der Waals surface area (Å²) < 4.78 is 5.50. The number of phenolic OH excluding ortho intramolecular Hbond substituents is 1. The fourth-order valence-electron chi connectivity index (χ4n) is 1.33. The van der Waals surface area contributed by atoms with Gasteiger partial charge in [0.25, 0.3) is 0 Å². The zero-order chi connectivity index (χ0) is 12.0. The Balaban J connectivity index is 2.59. The van der Waals surface area contributed by atoms with Crippen LogP contribution in [0.2, 0.25) is 0 Å². The number of benzene rings is 1. The smallest absolute Gasteiger partial charge is 0.161 e. The van der Waals surface area contributed by atoms with Crippen LogP contribution in [-0.4, -0.2) is 43.8 Å². The number of aromatic hydroxyl groups is 1. The molecule has 0 amide bonds. The third-order valence-electron chi connectivity index (χ3n) is 2.25. The maximum Gasteiger partial charge on any atom is 0.161 e. The van der Waals surface area contributed by atoms with Gasteiger partial charge in [-0.15, -0.1) is 0 Å². The largest absolute Gasteiger partial charge is 0.504 e. The first-order valence-corrected chi connectivity index (χ1v) is 5.43. The zero-order valence-corrected chi connectivity index (χ0v) is 9.94. The van der Waals surface area contributed by atoms with E-state index < -0.39 is 0 Å². The predicted octanol–water partition coefficient (Wildman–Crippen LogP) is 0.834. The summed E-state index contributed by atoms with van der Waals surface area (Å²) in [5, 5.41) is 9.60. The van der Waals surface area contributed by atoms with Gasteiger partial charge in [0.05, 0.1) is 0 Å². The highest BCUT2D eigenvalue weighted by atomic mass is 16.5. The molecular weight excluding hydrogens is 204 g/mol. The van der Waals surface area contributed by atoms with Crippen molar-refractivity contribution in [1.82, 2.24) is 4.90 Å². The molecule has 4 heteroatoms. The molecule has 0 radical (unpaired) electrons. The van der Waals surface area contributed by atoms with Crippen LogP contribution in [0, 0.1) is 0 Å². The molecule has 0 atom stereocenters. The number of rotatable bonds is 6. The standard InChI is InChI=1S/C12H20N2O2/c1-14(2)7-8-16-12-9-10(5-6-13)3-4-11(12)15/h3-4,9,15H,5-8,13H2,1-2H3. The van der Waals surface area contributed by atoms with E-state index in [0.717, 1.165) is 18.5 Å². The van der Waals surface area contributed by atoms with Crippen LogP contribution in [-0.2, 0) is 6.42 Å². The second-order valence-corrected chi connectivity index (χ2v) is 3.99. The summed E-state index contributed by atoms with van der Waals surface area (Å²) >= 11 is 0. The molecular formula is C12H20N2O2. The van der Waals surface area contributed by atoms with Crippen LogP contribution in [0.5, 0.6) is 11.5 Å². The SMILES string of the molecule is CN(C)CCOc1cc(CCN)ccc1O. The summed E-state index contributed by atoms with van der Waals surface area (Å²) in [4.78, 5) is 2.03. The Morgan fingerprint density at radius 1 is 1.38 bits per heavy atom. The highest BCUT2D eigenvalue weighted by Crippen LogP contribution is 2.26. The van der Waals surface area contributed by atoms with Crippen molar-refractivity contribution in [2.75, 3.05) is 33.8 Å². The van der Waals surface area contributed by atoms with Gasteiger partial charge in [0.2, 0.25) is 0 Å². The Labute approximate surface area is 96.6 Å². The average Bonchev–Trinajstić information content (AvgIpc) is 2.22. The number of phenols is 1. The molecule has 0 bridgehead atoms. The van der Waals surface area contributed by atoms with Crippen LogP contribution in [0.15, 0.2) is 18.2 Å². The molecule has 4 nitrogen and oxygen atoms in total. The topological polar surface area (TPSA) is 58.7 Å². The fourth-order valence-corrected chi connectivity index (χ4v) is 1.33. The third kappa shape index (κ3) is 4.08. The van der Waals surface area contributed by atoms with Crippen LogP contribution in [0.1, 0.15) is 5.56 Å². The van der Waals surface area contributed by atoms with E-state index in [1.54, 1.807) is 6.07 Å². The van der Waals surface area contributed by atoms with Gasteiger partial charge in [-0.25, -0.2) is 0 Å². The second kappa shape index (κ2) is 6.35. The zero-order valence-electron chi connectivity index (χ0n) is 9.94. The predicted molar refractivity (Wildman–Crippen MR) is 64.9 cm³/mol. The van der Waals surface area contributed by atoms with E-state index in [0.29, 0.717) is 18.9 Å². The summed E-state index contributed by atoms with van der Waals surface area (Å²) in [6.45, 7) is 1.98. The van der Waals surface area contributed by atoms with Crippen molar-refractivity contribution < 1.29 is 9.84 Å². The summed E-state index contributed by atoms with van der Waals surface area (Å²) in [6.07, 6.45) is 0.796. The molecule has 3 N–H and O–H groups in total. The molecule has 16 heavy (non-hydrogen) atoms. The van der Waals surface area contributed by atoms with Gasteiger partial charge in [-0.05, 0) is 44.8 Å². The van der Waals surface area contributed by atoms with Crippen molar-refractivity contribution in [3.05, 3.63) is 23.8 Å². The third-order valence-corrected chi connectivity index (χ3v) is 2.25. The summed E-state index contributed by atoms with van der Waals surface area (Å²) in [5.41, 5.74) is 6.56. The van der Waals surface area contributed by atoms with Crippen LogP contribution in [0.4, 0.5) is 0 Å². The van der Waals surface area contributed by atoms with E-state index in [9.17, 15) is 5.11 Å². The lowest BCUT2D eigenvalue weighted by molar-refractivity contribution is 0.252. The Morgan fingerprint density at radius 3 is 2.75 bits per heavy atom. The lowest BCUT2D eigenvalue weighted by atomic mass is 10.1.